The summed E-state index contributed by atoms with van der Waals surface area (Å²) in [6.07, 6.45) is 5.96. The molecule has 5 heteroatoms. The Morgan fingerprint density at radius 3 is 2.74 bits per heavy atom. The summed E-state index contributed by atoms with van der Waals surface area (Å²) in [5.41, 5.74) is 1.02. The van der Waals surface area contributed by atoms with Crippen molar-refractivity contribution in [2.75, 3.05) is 14.2 Å². The molecule has 0 aliphatic heterocycles. The number of likely N-dealkylation sites (N-methyl/N-ethyl adjacent to an activating group) is 1. The molecule has 2 rings (SSSR count). The van der Waals surface area contributed by atoms with E-state index in [9.17, 15) is 4.79 Å². The summed E-state index contributed by atoms with van der Waals surface area (Å²) >= 11 is 6.08. The maximum absolute atomic E-state index is 12.5. The number of methoxy groups -OCH3 is 1. The molecule has 0 aromatic heterocycles. The summed E-state index contributed by atoms with van der Waals surface area (Å²) in [6.45, 7) is 2.67. The van der Waals surface area contributed by atoms with Crippen LogP contribution in [0.25, 0.3) is 0 Å². The molecule has 1 aromatic carbocycles. The number of carbonyl (C=O) groups excluding carboxylic acids is 1. The first-order chi connectivity index (χ1) is 11.0. The Balaban J connectivity index is 1.94. The highest BCUT2D eigenvalue weighted by Crippen LogP contribution is 2.22. The van der Waals surface area contributed by atoms with Gasteiger partial charge >= 0.3 is 0 Å². The molecule has 1 fully saturated rings. The second-order valence-corrected chi connectivity index (χ2v) is 6.98. The summed E-state index contributed by atoms with van der Waals surface area (Å²) < 4.78 is 5.39. The minimum atomic E-state index is -0.111. The molecule has 1 unspecified atom stereocenters. The summed E-state index contributed by atoms with van der Waals surface area (Å²) in [5, 5.41) is 3.90. The van der Waals surface area contributed by atoms with E-state index in [4.69, 9.17) is 16.3 Å². The maximum Gasteiger partial charge on any atom is 0.278 e. The van der Waals surface area contributed by atoms with Gasteiger partial charge in [-0.3, -0.25) is 4.79 Å². The molecule has 1 amide bonds. The molecule has 0 radical (unpaired) electrons. The van der Waals surface area contributed by atoms with Crippen LogP contribution < -0.4 is 15.0 Å². The zero-order valence-corrected chi connectivity index (χ0v) is 15.1. The van der Waals surface area contributed by atoms with Gasteiger partial charge in [0.1, 0.15) is 12.3 Å². The normalized spacial score (nSPS) is 18.3. The van der Waals surface area contributed by atoms with Gasteiger partial charge in [-0.15, -0.1) is 0 Å². The van der Waals surface area contributed by atoms with Crippen molar-refractivity contribution in [2.45, 2.75) is 57.7 Å². The van der Waals surface area contributed by atoms with Gasteiger partial charge in [0.15, 0.2) is 6.04 Å². The van der Waals surface area contributed by atoms with Gasteiger partial charge in [0.2, 0.25) is 0 Å². The number of carbonyl (C=O) groups is 1. The molecule has 1 aliphatic carbocycles. The fourth-order valence-electron chi connectivity index (χ4n) is 3.14. The van der Waals surface area contributed by atoms with Crippen molar-refractivity contribution in [3.05, 3.63) is 28.8 Å². The van der Waals surface area contributed by atoms with Crippen molar-refractivity contribution < 1.29 is 14.4 Å². The molecule has 4 nitrogen and oxygen atoms in total. The molecule has 0 heterocycles. The predicted octanol–water partition coefficient (Wildman–Crippen LogP) is 2.20. The molecule has 0 spiro atoms. The molecular weight excluding hydrogens is 312 g/mol. The van der Waals surface area contributed by atoms with E-state index in [0.29, 0.717) is 17.6 Å². The summed E-state index contributed by atoms with van der Waals surface area (Å²) in [4.78, 5) is 13.6. The molecule has 2 atom stereocenters. The summed E-state index contributed by atoms with van der Waals surface area (Å²) in [6, 6.07) is 5.85. The van der Waals surface area contributed by atoms with Crippen LogP contribution in [0, 0.1) is 0 Å². The fourth-order valence-corrected chi connectivity index (χ4v) is 3.33. The van der Waals surface area contributed by atoms with E-state index in [-0.39, 0.29) is 11.9 Å². The van der Waals surface area contributed by atoms with Crippen LogP contribution in [0.1, 0.15) is 44.6 Å². The van der Waals surface area contributed by atoms with E-state index < -0.39 is 0 Å². The van der Waals surface area contributed by atoms with Crippen LogP contribution >= 0.6 is 11.6 Å². The van der Waals surface area contributed by atoms with Crippen LogP contribution in [0.2, 0.25) is 5.02 Å². The lowest BCUT2D eigenvalue weighted by Gasteiger charge is -2.27. The van der Waals surface area contributed by atoms with Crippen LogP contribution in [0.15, 0.2) is 18.2 Å². The summed E-state index contributed by atoms with van der Waals surface area (Å²) in [7, 11) is 3.69. The second kappa shape index (κ2) is 8.55. The van der Waals surface area contributed by atoms with Gasteiger partial charge in [-0.2, -0.15) is 0 Å². The minimum Gasteiger partial charge on any atom is -0.496 e. The third-order valence-corrected chi connectivity index (χ3v) is 5.03. The first-order valence-corrected chi connectivity index (χ1v) is 8.84. The van der Waals surface area contributed by atoms with Crippen LogP contribution in [0.5, 0.6) is 5.75 Å². The topological polar surface area (TPSA) is 42.8 Å². The van der Waals surface area contributed by atoms with Crippen LogP contribution in [0.3, 0.4) is 0 Å². The fraction of sp³-hybridized carbons (Fsp3) is 0.611. The zero-order valence-electron chi connectivity index (χ0n) is 14.3. The average molecular weight is 340 g/mol. The first-order valence-electron chi connectivity index (χ1n) is 8.46. The molecular formula is C18H28ClN2O2+. The Labute approximate surface area is 144 Å². The number of benzene rings is 1. The average Bonchev–Trinajstić information content (AvgIpc) is 2.55. The number of halogens is 1. The number of quaternary nitrogens is 1. The third kappa shape index (κ3) is 5.11. The lowest BCUT2D eigenvalue weighted by Crippen LogP contribution is -3.12. The number of rotatable bonds is 6. The van der Waals surface area contributed by atoms with Crippen LogP contribution in [-0.4, -0.2) is 32.1 Å². The van der Waals surface area contributed by atoms with Crippen LogP contribution in [0.4, 0.5) is 0 Å². The van der Waals surface area contributed by atoms with E-state index in [0.717, 1.165) is 29.1 Å². The molecule has 2 N–H and O–H groups in total. The SMILES string of the molecule is COc1ccc(Cl)cc1C[NH+](C)[C@H](C)C(=O)NC1CCCCC1. The molecule has 1 saturated carbocycles. The third-order valence-electron chi connectivity index (χ3n) is 4.80. The van der Waals surface area contributed by atoms with E-state index in [1.165, 1.54) is 19.3 Å². The second-order valence-electron chi connectivity index (χ2n) is 6.54. The van der Waals surface area contributed by atoms with E-state index in [1.54, 1.807) is 7.11 Å². The molecule has 0 bridgehead atoms. The van der Waals surface area contributed by atoms with Crippen molar-refractivity contribution in [1.29, 1.82) is 0 Å². The van der Waals surface area contributed by atoms with Crippen molar-refractivity contribution >= 4 is 17.5 Å². The molecule has 1 aromatic rings. The number of hydrogen-bond donors (Lipinski definition) is 2. The Morgan fingerprint density at radius 2 is 2.09 bits per heavy atom. The zero-order chi connectivity index (χ0) is 16.8. The molecule has 1 aliphatic rings. The molecule has 128 valence electrons. The Bertz CT molecular complexity index is 530. The standard InChI is InChI=1S/C18H27ClN2O2/c1-13(18(22)20-16-7-5-4-6-8-16)21(2)12-14-11-15(19)9-10-17(14)23-3/h9-11,13,16H,4-8,12H2,1-3H3,(H,20,22)/p+1/t13-/m1/s1. The summed E-state index contributed by atoms with van der Waals surface area (Å²) in [5.74, 6) is 0.948. The smallest absolute Gasteiger partial charge is 0.278 e. The van der Waals surface area contributed by atoms with Crippen molar-refractivity contribution in [3.8, 4) is 5.75 Å². The van der Waals surface area contributed by atoms with Gasteiger partial charge in [0.05, 0.1) is 14.2 Å². The van der Waals surface area contributed by atoms with Crippen molar-refractivity contribution in [2.24, 2.45) is 0 Å². The Kier molecular flexibility index (Phi) is 6.72. The maximum atomic E-state index is 12.5. The van der Waals surface area contributed by atoms with Gasteiger partial charge < -0.3 is 15.0 Å². The molecule has 23 heavy (non-hydrogen) atoms. The van der Waals surface area contributed by atoms with E-state index in [1.807, 2.05) is 32.2 Å². The quantitative estimate of drug-likeness (QED) is 0.834. The predicted molar refractivity (Wildman–Crippen MR) is 93.1 cm³/mol. The Morgan fingerprint density at radius 1 is 1.39 bits per heavy atom. The Hall–Kier alpha value is -1.26. The van der Waals surface area contributed by atoms with E-state index in [2.05, 4.69) is 5.32 Å². The number of hydrogen-bond acceptors (Lipinski definition) is 2. The van der Waals surface area contributed by atoms with Crippen molar-refractivity contribution in [1.82, 2.24) is 5.32 Å². The highest BCUT2D eigenvalue weighted by molar-refractivity contribution is 6.30. The highest BCUT2D eigenvalue weighted by Gasteiger charge is 2.25. The number of nitrogens with one attached hydrogen (secondary N) is 2. The van der Waals surface area contributed by atoms with Gasteiger partial charge in [0.25, 0.3) is 5.91 Å². The lowest BCUT2D eigenvalue weighted by molar-refractivity contribution is -0.908. The highest BCUT2D eigenvalue weighted by atomic mass is 35.5. The van der Waals surface area contributed by atoms with Gasteiger partial charge in [-0.25, -0.2) is 0 Å². The number of ether oxygens (including phenoxy) is 1. The molecule has 0 saturated heterocycles. The van der Waals surface area contributed by atoms with Crippen molar-refractivity contribution in [3.63, 3.8) is 0 Å². The van der Waals surface area contributed by atoms with E-state index >= 15 is 0 Å². The van der Waals surface area contributed by atoms with Crippen LogP contribution in [-0.2, 0) is 11.3 Å². The van der Waals surface area contributed by atoms with Gasteiger partial charge in [0, 0.05) is 16.6 Å². The van der Waals surface area contributed by atoms with Gasteiger partial charge in [-0.1, -0.05) is 30.9 Å². The monoisotopic (exact) mass is 339 g/mol. The minimum absolute atomic E-state index is 0.111. The largest absolute Gasteiger partial charge is 0.496 e. The van der Waals surface area contributed by atoms with Gasteiger partial charge in [-0.05, 0) is 38.0 Å². The number of amides is 1. The lowest BCUT2D eigenvalue weighted by atomic mass is 9.95. The first kappa shape index (κ1) is 18.1.